The van der Waals surface area contributed by atoms with Gasteiger partial charge in [-0.15, -0.1) is 0 Å². The van der Waals surface area contributed by atoms with Gasteiger partial charge in [-0.1, -0.05) is 39.0 Å². The van der Waals surface area contributed by atoms with Gasteiger partial charge < -0.3 is 15.5 Å². The van der Waals surface area contributed by atoms with E-state index in [0.717, 1.165) is 54.9 Å². The number of nitrogens with one attached hydrogen (secondary N) is 3. The Bertz CT molecular complexity index is 1030. The number of piperidine rings is 1. The molecule has 1 aliphatic rings. The lowest BCUT2D eigenvalue weighted by Crippen LogP contribution is -2.51. The van der Waals surface area contributed by atoms with Crippen LogP contribution in [-0.4, -0.2) is 51.2 Å². The third-order valence-corrected chi connectivity index (χ3v) is 5.93. The number of H-pyrrole nitrogens is 1. The first-order valence-corrected chi connectivity index (χ1v) is 11.1. The second-order valence-electron chi connectivity index (χ2n) is 8.47. The first-order valence-electron chi connectivity index (χ1n) is 11.1. The topological polar surface area (TPSA) is 98.8 Å². The lowest BCUT2D eigenvalue weighted by atomic mass is 10.00. The van der Waals surface area contributed by atoms with Crippen molar-refractivity contribution in [2.24, 2.45) is 0 Å². The summed E-state index contributed by atoms with van der Waals surface area (Å²) in [4.78, 5) is 24.0. The minimum Gasteiger partial charge on any atom is -0.373 e. The lowest BCUT2D eigenvalue weighted by Gasteiger charge is -2.35. The number of para-hydroxylation sites is 1. The van der Waals surface area contributed by atoms with Crippen molar-refractivity contribution in [3.8, 4) is 0 Å². The maximum absolute atomic E-state index is 13.1. The van der Waals surface area contributed by atoms with Gasteiger partial charge in [-0.2, -0.15) is 5.10 Å². The van der Waals surface area contributed by atoms with Crippen LogP contribution in [0.25, 0.3) is 11.0 Å². The zero-order chi connectivity index (χ0) is 21.8. The summed E-state index contributed by atoms with van der Waals surface area (Å²) in [7, 11) is 0. The van der Waals surface area contributed by atoms with Gasteiger partial charge in [-0.05, 0) is 36.8 Å². The van der Waals surface area contributed by atoms with Crippen molar-refractivity contribution in [3.05, 3.63) is 42.4 Å². The van der Waals surface area contributed by atoms with Gasteiger partial charge in [0, 0.05) is 24.8 Å². The molecule has 0 unspecified atom stereocenters. The largest absolute Gasteiger partial charge is 0.373 e. The second-order valence-corrected chi connectivity index (χ2v) is 8.47. The Labute approximate surface area is 182 Å². The Morgan fingerprint density at radius 1 is 1.29 bits per heavy atom. The predicted octanol–water partition coefficient (Wildman–Crippen LogP) is 3.45. The quantitative estimate of drug-likeness (QED) is 0.540. The fraction of sp³-hybridized carbons (Fsp3) is 0.478. The Morgan fingerprint density at radius 3 is 2.94 bits per heavy atom. The third kappa shape index (κ3) is 4.62. The minimum absolute atomic E-state index is 0.0454. The first-order chi connectivity index (χ1) is 15.1. The normalized spacial score (nSPS) is 17.7. The molecule has 2 aromatic heterocycles. The van der Waals surface area contributed by atoms with Gasteiger partial charge in [0.2, 0.25) is 5.91 Å². The molecular formula is C23H31N7O. The molecule has 3 aromatic rings. The smallest absolute Gasteiger partial charge is 0.242 e. The molecule has 1 amide bonds. The van der Waals surface area contributed by atoms with Crippen molar-refractivity contribution in [3.63, 3.8) is 0 Å². The van der Waals surface area contributed by atoms with Gasteiger partial charge >= 0.3 is 0 Å². The number of anilines is 2. The molecule has 0 bridgehead atoms. The van der Waals surface area contributed by atoms with Crippen molar-refractivity contribution < 1.29 is 4.79 Å². The molecule has 3 heterocycles. The number of hydrogen-bond acceptors (Lipinski definition) is 6. The van der Waals surface area contributed by atoms with Crippen LogP contribution in [0.5, 0.6) is 0 Å². The number of rotatable bonds is 7. The predicted molar refractivity (Wildman–Crippen MR) is 123 cm³/mol. The zero-order valence-electron chi connectivity index (χ0n) is 18.4. The van der Waals surface area contributed by atoms with E-state index in [2.05, 4.69) is 61.7 Å². The van der Waals surface area contributed by atoms with Crippen molar-refractivity contribution in [2.75, 3.05) is 23.3 Å². The van der Waals surface area contributed by atoms with E-state index in [-0.39, 0.29) is 18.0 Å². The highest BCUT2D eigenvalue weighted by Crippen LogP contribution is 2.26. The molecule has 1 saturated heterocycles. The molecule has 164 valence electrons. The van der Waals surface area contributed by atoms with Gasteiger partial charge in [0.1, 0.15) is 18.2 Å². The van der Waals surface area contributed by atoms with Crippen molar-refractivity contribution >= 4 is 28.4 Å². The maximum atomic E-state index is 13.1. The highest BCUT2D eigenvalue weighted by atomic mass is 16.2. The Kier molecular flexibility index (Phi) is 6.34. The summed E-state index contributed by atoms with van der Waals surface area (Å²) in [6, 6.07) is 8.04. The monoisotopic (exact) mass is 421 g/mol. The van der Waals surface area contributed by atoms with E-state index >= 15 is 0 Å². The van der Waals surface area contributed by atoms with Gasteiger partial charge in [0.05, 0.1) is 11.6 Å². The molecule has 1 aromatic carbocycles. The zero-order valence-corrected chi connectivity index (χ0v) is 18.4. The summed E-state index contributed by atoms with van der Waals surface area (Å²) in [5, 5.41) is 14.6. The van der Waals surface area contributed by atoms with E-state index in [0.29, 0.717) is 5.92 Å². The summed E-state index contributed by atoms with van der Waals surface area (Å²) in [6.07, 6.45) is 5.99. The molecule has 0 spiro atoms. The van der Waals surface area contributed by atoms with E-state index in [1.165, 1.54) is 5.56 Å². The maximum Gasteiger partial charge on any atom is 0.242 e. The van der Waals surface area contributed by atoms with Gasteiger partial charge in [-0.3, -0.25) is 9.89 Å². The van der Waals surface area contributed by atoms with E-state index in [1.807, 2.05) is 19.1 Å². The summed E-state index contributed by atoms with van der Waals surface area (Å²) in [5.74, 6) is 1.31. The Morgan fingerprint density at radius 2 is 2.13 bits per heavy atom. The van der Waals surface area contributed by atoms with Crippen LogP contribution in [0, 0.1) is 0 Å². The number of carbonyl (C=O) groups excluding carboxylic acids is 1. The average Bonchev–Trinajstić information content (AvgIpc) is 3.26. The van der Waals surface area contributed by atoms with Gasteiger partial charge in [-0.25, -0.2) is 9.97 Å². The fourth-order valence-corrected chi connectivity index (χ4v) is 4.27. The van der Waals surface area contributed by atoms with Crippen molar-refractivity contribution in [1.29, 1.82) is 0 Å². The SMILES string of the molecule is CC[C@@H](Nc1ccccc1C(C)C)C(=O)N[C@@H]1CCCN(c2ncnc3[nH]ncc23)C1. The van der Waals surface area contributed by atoms with E-state index in [4.69, 9.17) is 0 Å². The molecule has 0 saturated carbocycles. The molecule has 1 fully saturated rings. The van der Waals surface area contributed by atoms with Gasteiger partial charge in [0.15, 0.2) is 5.65 Å². The number of carbonyl (C=O) groups is 1. The molecule has 8 nitrogen and oxygen atoms in total. The molecule has 1 aliphatic heterocycles. The fourth-order valence-electron chi connectivity index (χ4n) is 4.27. The van der Waals surface area contributed by atoms with Crippen LogP contribution < -0.4 is 15.5 Å². The van der Waals surface area contributed by atoms with E-state index in [9.17, 15) is 4.79 Å². The number of aromatic amines is 1. The summed E-state index contributed by atoms with van der Waals surface area (Å²) in [5.41, 5.74) is 2.99. The number of hydrogen-bond donors (Lipinski definition) is 3. The minimum atomic E-state index is -0.269. The van der Waals surface area contributed by atoms with E-state index < -0.39 is 0 Å². The number of amides is 1. The molecule has 2 atom stereocenters. The van der Waals surface area contributed by atoms with Crippen LogP contribution >= 0.6 is 0 Å². The van der Waals surface area contributed by atoms with Crippen LogP contribution in [0.15, 0.2) is 36.8 Å². The lowest BCUT2D eigenvalue weighted by molar-refractivity contribution is -0.122. The molecular weight excluding hydrogens is 390 g/mol. The number of nitrogens with zero attached hydrogens (tertiary/aromatic N) is 4. The third-order valence-electron chi connectivity index (χ3n) is 5.93. The van der Waals surface area contributed by atoms with Crippen LogP contribution in [0.2, 0.25) is 0 Å². The molecule has 8 heteroatoms. The number of fused-ring (bicyclic) bond motifs is 1. The highest BCUT2D eigenvalue weighted by molar-refractivity contribution is 5.87. The van der Waals surface area contributed by atoms with Crippen LogP contribution in [0.1, 0.15) is 51.5 Å². The molecule has 0 radical (unpaired) electrons. The second kappa shape index (κ2) is 9.32. The Balaban J connectivity index is 1.43. The molecule has 4 rings (SSSR count). The number of benzene rings is 1. The van der Waals surface area contributed by atoms with Crippen LogP contribution in [-0.2, 0) is 4.79 Å². The summed E-state index contributed by atoms with van der Waals surface area (Å²) in [6.45, 7) is 8.01. The number of aromatic nitrogens is 4. The van der Waals surface area contributed by atoms with Crippen molar-refractivity contribution in [1.82, 2.24) is 25.5 Å². The van der Waals surface area contributed by atoms with Gasteiger partial charge in [0.25, 0.3) is 0 Å². The molecule has 0 aliphatic carbocycles. The summed E-state index contributed by atoms with van der Waals surface area (Å²) >= 11 is 0. The first kappa shape index (κ1) is 21.1. The summed E-state index contributed by atoms with van der Waals surface area (Å²) < 4.78 is 0. The highest BCUT2D eigenvalue weighted by Gasteiger charge is 2.26. The molecule has 31 heavy (non-hydrogen) atoms. The standard InChI is InChI=1S/C23H31N7O/c1-4-19(28-20-10-6-5-9-17(20)15(2)3)23(31)27-16-8-7-11-30(13-16)22-18-12-26-29-21(18)24-14-25-22/h5-6,9-10,12,14-16,19,28H,4,7-8,11,13H2,1-3H3,(H,27,31)(H,24,25,26,29)/t16-,19-/m1/s1. The van der Waals surface area contributed by atoms with Crippen LogP contribution in [0.4, 0.5) is 11.5 Å². The molecule has 3 N–H and O–H groups in total. The van der Waals surface area contributed by atoms with Crippen molar-refractivity contribution in [2.45, 2.75) is 58.0 Å². The average molecular weight is 422 g/mol. The van der Waals surface area contributed by atoms with E-state index in [1.54, 1.807) is 12.5 Å². The van der Waals surface area contributed by atoms with Crippen LogP contribution in [0.3, 0.4) is 0 Å². The Hall–Kier alpha value is -3.16.